The van der Waals surface area contributed by atoms with Crippen molar-refractivity contribution in [2.45, 2.75) is 47.5 Å². The SMILES string of the molecule is C/C=C\C=C(/CCC)C(C)(C)C. The van der Waals surface area contributed by atoms with Crippen LogP contribution in [0.1, 0.15) is 47.5 Å². The molecule has 0 rings (SSSR count). The first kappa shape index (κ1) is 11.5. The molecule has 0 saturated heterocycles. The Labute approximate surface area is 77.4 Å². The van der Waals surface area contributed by atoms with E-state index in [1.807, 2.05) is 0 Å². The minimum Gasteiger partial charge on any atom is -0.0877 e. The minimum absolute atomic E-state index is 0.329. The van der Waals surface area contributed by atoms with Crippen LogP contribution in [0.2, 0.25) is 0 Å². The van der Waals surface area contributed by atoms with E-state index in [0.29, 0.717) is 5.41 Å². The predicted molar refractivity (Wildman–Crippen MR) is 57.3 cm³/mol. The number of hydrogen-bond acceptors (Lipinski definition) is 0. The van der Waals surface area contributed by atoms with Gasteiger partial charge in [-0.05, 0) is 18.8 Å². The highest BCUT2D eigenvalue weighted by atomic mass is 14.2. The van der Waals surface area contributed by atoms with E-state index in [1.54, 1.807) is 5.57 Å². The first-order valence-electron chi connectivity index (χ1n) is 4.84. The second kappa shape index (κ2) is 5.18. The monoisotopic (exact) mass is 166 g/mol. The molecule has 0 radical (unpaired) electrons. The zero-order chi connectivity index (χ0) is 9.61. The van der Waals surface area contributed by atoms with Gasteiger partial charge in [0.2, 0.25) is 0 Å². The summed E-state index contributed by atoms with van der Waals surface area (Å²) in [4.78, 5) is 0. The summed E-state index contributed by atoms with van der Waals surface area (Å²) in [6.45, 7) is 11.1. The van der Waals surface area contributed by atoms with Crippen LogP contribution in [0.5, 0.6) is 0 Å². The fourth-order valence-corrected chi connectivity index (χ4v) is 1.19. The second-order valence-corrected chi connectivity index (χ2v) is 4.22. The molecule has 0 atom stereocenters. The molecule has 0 aliphatic rings. The van der Waals surface area contributed by atoms with Gasteiger partial charge in [0.15, 0.2) is 0 Å². The average Bonchev–Trinajstić information content (AvgIpc) is 1.95. The summed E-state index contributed by atoms with van der Waals surface area (Å²) in [6, 6.07) is 0. The normalized spacial score (nSPS) is 14.2. The van der Waals surface area contributed by atoms with Crippen LogP contribution in [0.15, 0.2) is 23.8 Å². The van der Waals surface area contributed by atoms with Crippen LogP contribution in [0.25, 0.3) is 0 Å². The number of allylic oxidation sites excluding steroid dienone is 4. The van der Waals surface area contributed by atoms with E-state index in [-0.39, 0.29) is 0 Å². The van der Waals surface area contributed by atoms with Crippen molar-refractivity contribution in [3.63, 3.8) is 0 Å². The summed E-state index contributed by atoms with van der Waals surface area (Å²) in [5.74, 6) is 0. The smallest absolute Gasteiger partial charge is 0.0170 e. The fraction of sp³-hybridized carbons (Fsp3) is 0.667. The molecule has 0 heteroatoms. The standard InChI is InChI=1S/C12H22/c1-6-8-10-11(9-7-2)12(3,4)5/h6,8,10H,7,9H2,1-5H3/b8-6-,11-10+. The van der Waals surface area contributed by atoms with Crippen molar-refractivity contribution in [2.75, 3.05) is 0 Å². The zero-order valence-corrected chi connectivity index (χ0v) is 9.15. The maximum absolute atomic E-state index is 2.28. The van der Waals surface area contributed by atoms with Crippen LogP contribution in [0.4, 0.5) is 0 Å². The second-order valence-electron chi connectivity index (χ2n) is 4.22. The molecule has 0 aromatic rings. The Morgan fingerprint density at radius 3 is 2.17 bits per heavy atom. The van der Waals surface area contributed by atoms with Crippen LogP contribution in [-0.4, -0.2) is 0 Å². The molecular weight excluding hydrogens is 144 g/mol. The van der Waals surface area contributed by atoms with Gasteiger partial charge in [-0.3, -0.25) is 0 Å². The molecule has 0 bridgehead atoms. The van der Waals surface area contributed by atoms with E-state index < -0.39 is 0 Å². The van der Waals surface area contributed by atoms with Gasteiger partial charge in [-0.2, -0.15) is 0 Å². The van der Waals surface area contributed by atoms with Gasteiger partial charge in [-0.15, -0.1) is 0 Å². The Morgan fingerprint density at radius 2 is 1.83 bits per heavy atom. The number of hydrogen-bond donors (Lipinski definition) is 0. The lowest BCUT2D eigenvalue weighted by atomic mass is 9.83. The maximum Gasteiger partial charge on any atom is -0.0170 e. The molecule has 12 heavy (non-hydrogen) atoms. The van der Waals surface area contributed by atoms with Crippen molar-refractivity contribution in [1.82, 2.24) is 0 Å². The van der Waals surface area contributed by atoms with Gasteiger partial charge in [0.25, 0.3) is 0 Å². The third-order valence-corrected chi connectivity index (χ3v) is 1.97. The van der Waals surface area contributed by atoms with Crippen molar-refractivity contribution in [3.05, 3.63) is 23.8 Å². The zero-order valence-electron chi connectivity index (χ0n) is 9.15. The van der Waals surface area contributed by atoms with Gasteiger partial charge in [-0.1, -0.05) is 57.9 Å². The van der Waals surface area contributed by atoms with Crippen LogP contribution < -0.4 is 0 Å². The first-order chi connectivity index (χ1) is 5.52. The quantitative estimate of drug-likeness (QED) is 0.547. The lowest BCUT2D eigenvalue weighted by molar-refractivity contribution is 0.480. The predicted octanol–water partition coefficient (Wildman–Crippen LogP) is 4.34. The molecule has 0 amide bonds. The van der Waals surface area contributed by atoms with Crippen molar-refractivity contribution < 1.29 is 0 Å². The Kier molecular flexibility index (Phi) is 4.96. The summed E-state index contributed by atoms with van der Waals surface area (Å²) >= 11 is 0. The summed E-state index contributed by atoms with van der Waals surface area (Å²) in [5, 5.41) is 0. The van der Waals surface area contributed by atoms with Crippen molar-refractivity contribution in [3.8, 4) is 0 Å². The average molecular weight is 166 g/mol. The van der Waals surface area contributed by atoms with Gasteiger partial charge in [0, 0.05) is 0 Å². The first-order valence-corrected chi connectivity index (χ1v) is 4.84. The Balaban J connectivity index is 4.43. The Hall–Kier alpha value is -0.520. The molecule has 0 spiro atoms. The largest absolute Gasteiger partial charge is 0.0877 e. The van der Waals surface area contributed by atoms with E-state index in [9.17, 15) is 0 Å². The molecule has 0 aliphatic heterocycles. The van der Waals surface area contributed by atoms with E-state index in [2.05, 4.69) is 52.8 Å². The summed E-state index contributed by atoms with van der Waals surface area (Å²) in [5.41, 5.74) is 1.87. The highest BCUT2D eigenvalue weighted by molar-refractivity contribution is 5.17. The van der Waals surface area contributed by atoms with Crippen LogP contribution in [-0.2, 0) is 0 Å². The lowest BCUT2D eigenvalue weighted by Gasteiger charge is -2.22. The topological polar surface area (TPSA) is 0 Å². The third kappa shape index (κ3) is 4.38. The van der Waals surface area contributed by atoms with Gasteiger partial charge >= 0.3 is 0 Å². The summed E-state index contributed by atoms with van der Waals surface area (Å²) in [6.07, 6.45) is 8.93. The maximum atomic E-state index is 2.28. The van der Waals surface area contributed by atoms with E-state index in [1.165, 1.54) is 12.8 Å². The molecular formula is C12H22. The third-order valence-electron chi connectivity index (χ3n) is 1.97. The molecule has 0 unspecified atom stereocenters. The molecule has 0 aromatic heterocycles. The van der Waals surface area contributed by atoms with Gasteiger partial charge < -0.3 is 0 Å². The van der Waals surface area contributed by atoms with Crippen LogP contribution in [0.3, 0.4) is 0 Å². The van der Waals surface area contributed by atoms with Gasteiger partial charge in [-0.25, -0.2) is 0 Å². The van der Waals surface area contributed by atoms with E-state index in [0.717, 1.165) is 0 Å². The highest BCUT2D eigenvalue weighted by Gasteiger charge is 2.14. The molecule has 0 heterocycles. The van der Waals surface area contributed by atoms with Crippen molar-refractivity contribution in [1.29, 1.82) is 0 Å². The number of rotatable bonds is 3. The highest BCUT2D eigenvalue weighted by Crippen LogP contribution is 2.28. The molecule has 0 N–H and O–H groups in total. The molecule has 70 valence electrons. The summed E-state index contributed by atoms with van der Waals surface area (Å²) in [7, 11) is 0. The molecule has 0 fully saturated rings. The van der Waals surface area contributed by atoms with E-state index >= 15 is 0 Å². The van der Waals surface area contributed by atoms with Gasteiger partial charge in [0.05, 0.1) is 0 Å². The molecule has 0 nitrogen and oxygen atoms in total. The van der Waals surface area contributed by atoms with Gasteiger partial charge in [0.1, 0.15) is 0 Å². The lowest BCUT2D eigenvalue weighted by Crippen LogP contribution is -2.08. The minimum atomic E-state index is 0.329. The Morgan fingerprint density at radius 1 is 1.25 bits per heavy atom. The summed E-state index contributed by atoms with van der Waals surface area (Å²) < 4.78 is 0. The molecule has 0 aromatic carbocycles. The molecule has 0 saturated carbocycles. The van der Waals surface area contributed by atoms with E-state index in [4.69, 9.17) is 0 Å². The van der Waals surface area contributed by atoms with Crippen LogP contribution >= 0.6 is 0 Å². The fourth-order valence-electron chi connectivity index (χ4n) is 1.19. The molecule has 0 aliphatic carbocycles. The Bertz CT molecular complexity index is 165. The van der Waals surface area contributed by atoms with Crippen molar-refractivity contribution >= 4 is 0 Å². The van der Waals surface area contributed by atoms with Crippen molar-refractivity contribution in [2.24, 2.45) is 5.41 Å². The van der Waals surface area contributed by atoms with Crippen LogP contribution in [0, 0.1) is 5.41 Å².